The molecular weight excluding hydrogens is 240 g/mol. The van der Waals surface area contributed by atoms with Crippen LogP contribution in [0.2, 0.25) is 5.02 Å². The molecule has 0 aliphatic carbocycles. The van der Waals surface area contributed by atoms with Crippen molar-refractivity contribution in [1.82, 2.24) is 5.32 Å². The summed E-state index contributed by atoms with van der Waals surface area (Å²) in [5, 5.41) is 1.83. The van der Waals surface area contributed by atoms with E-state index in [2.05, 4.69) is 5.32 Å². The first kappa shape index (κ1) is 12.3. The van der Waals surface area contributed by atoms with Crippen LogP contribution in [0.1, 0.15) is 17.9 Å². The van der Waals surface area contributed by atoms with Gasteiger partial charge in [-0.25, -0.2) is 4.39 Å². The van der Waals surface area contributed by atoms with E-state index in [0.717, 1.165) is 6.07 Å². The van der Waals surface area contributed by atoms with Gasteiger partial charge in [-0.15, -0.1) is 11.6 Å². The number of carbonyl (C=O) groups excluding carboxylic acids is 1. The zero-order chi connectivity index (χ0) is 11.4. The maximum Gasteiger partial charge on any atom is 0.242 e. The van der Waals surface area contributed by atoms with E-state index in [1.807, 2.05) is 0 Å². The maximum atomic E-state index is 12.7. The van der Waals surface area contributed by atoms with E-state index < -0.39 is 11.2 Å². The van der Waals surface area contributed by atoms with Crippen molar-refractivity contribution in [2.75, 3.05) is 6.54 Å². The van der Waals surface area contributed by atoms with E-state index >= 15 is 0 Å². The quantitative estimate of drug-likeness (QED) is 0.821. The van der Waals surface area contributed by atoms with Gasteiger partial charge in [-0.2, -0.15) is 0 Å². The van der Waals surface area contributed by atoms with Crippen LogP contribution in [0.25, 0.3) is 0 Å². The summed E-state index contributed by atoms with van der Waals surface area (Å²) in [4.78, 5) is 11.4. The van der Waals surface area contributed by atoms with Crippen molar-refractivity contribution >= 4 is 29.1 Å². The third kappa shape index (κ3) is 3.08. The van der Waals surface area contributed by atoms with Gasteiger partial charge in [-0.05, 0) is 24.6 Å². The number of hydrogen-bond acceptors (Lipinski definition) is 1. The molecule has 0 aliphatic rings. The molecule has 0 spiro atoms. The Kier molecular flexibility index (Phi) is 4.36. The van der Waals surface area contributed by atoms with Crippen LogP contribution in [0, 0.1) is 5.82 Å². The van der Waals surface area contributed by atoms with E-state index in [1.165, 1.54) is 12.1 Å². The van der Waals surface area contributed by atoms with Crippen molar-refractivity contribution in [2.24, 2.45) is 0 Å². The van der Waals surface area contributed by atoms with Gasteiger partial charge in [0.25, 0.3) is 0 Å². The fourth-order valence-corrected chi connectivity index (χ4v) is 1.71. The van der Waals surface area contributed by atoms with E-state index in [1.54, 1.807) is 6.92 Å². The molecule has 0 radical (unpaired) electrons. The Bertz CT molecular complexity index is 370. The number of alkyl halides is 1. The van der Waals surface area contributed by atoms with Crippen LogP contribution >= 0.6 is 23.2 Å². The molecule has 1 amide bonds. The van der Waals surface area contributed by atoms with E-state index in [-0.39, 0.29) is 10.9 Å². The van der Waals surface area contributed by atoms with Crippen molar-refractivity contribution < 1.29 is 9.18 Å². The van der Waals surface area contributed by atoms with Crippen LogP contribution in [0.3, 0.4) is 0 Å². The normalized spacial score (nSPS) is 12.3. The average molecular weight is 250 g/mol. The molecule has 1 unspecified atom stereocenters. The minimum Gasteiger partial charge on any atom is -0.355 e. The molecule has 0 aliphatic heterocycles. The third-order valence-electron chi connectivity index (χ3n) is 1.82. The highest BCUT2D eigenvalue weighted by molar-refractivity contribution is 6.35. The molecule has 1 aromatic rings. The molecule has 5 heteroatoms. The highest BCUT2D eigenvalue weighted by Crippen LogP contribution is 2.28. The van der Waals surface area contributed by atoms with Crippen molar-refractivity contribution in [3.8, 4) is 0 Å². The molecule has 1 rings (SSSR count). The van der Waals surface area contributed by atoms with Crippen molar-refractivity contribution in [3.05, 3.63) is 34.6 Å². The highest BCUT2D eigenvalue weighted by Gasteiger charge is 2.19. The summed E-state index contributed by atoms with van der Waals surface area (Å²) in [6.45, 7) is 2.27. The van der Waals surface area contributed by atoms with Gasteiger partial charge in [0.15, 0.2) is 0 Å². The second-order valence-electron chi connectivity index (χ2n) is 2.92. The first-order valence-electron chi connectivity index (χ1n) is 4.43. The van der Waals surface area contributed by atoms with Crippen LogP contribution in [-0.2, 0) is 4.79 Å². The lowest BCUT2D eigenvalue weighted by Crippen LogP contribution is -2.26. The smallest absolute Gasteiger partial charge is 0.242 e. The van der Waals surface area contributed by atoms with Gasteiger partial charge in [0, 0.05) is 11.6 Å². The second-order valence-corrected chi connectivity index (χ2v) is 3.77. The molecule has 15 heavy (non-hydrogen) atoms. The van der Waals surface area contributed by atoms with Crippen molar-refractivity contribution in [3.63, 3.8) is 0 Å². The highest BCUT2D eigenvalue weighted by atomic mass is 35.5. The molecule has 0 heterocycles. The lowest BCUT2D eigenvalue weighted by molar-refractivity contribution is -0.120. The molecular formula is C10H10Cl2FNO. The molecule has 0 saturated heterocycles. The Labute approximate surface area is 97.4 Å². The molecule has 2 nitrogen and oxygen atoms in total. The largest absolute Gasteiger partial charge is 0.355 e. The maximum absolute atomic E-state index is 12.7. The zero-order valence-corrected chi connectivity index (χ0v) is 9.57. The van der Waals surface area contributed by atoms with Gasteiger partial charge in [0.2, 0.25) is 5.91 Å². The summed E-state index contributed by atoms with van der Waals surface area (Å²) in [5.74, 6) is -0.795. The number of carbonyl (C=O) groups is 1. The lowest BCUT2D eigenvalue weighted by Gasteiger charge is -2.11. The predicted octanol–water partition coefficient (Wildman–Crippen LogP) is 2.90. The number of amides is 1. The van der Waals surface area contributed by atoms with Crippen molar-refractivity contribution in [2.45, 2.75) is 12.3 Å². The summed E-state index contributed by atoms with van der Waals surface area (Å²) in [7, 11) is 0. The molecule has 1 aromatic carbocycles. The fourth-order valence-electron chi connectivity index (χ4n) is 1.11. The fraction of sp³-hybridized carbons (Fsp3) is 0.300. The molecule has 0 bridgehead atoms. The van der Waals surface area contributed by atoms with Crippen LogP contribution in [-0.4, -0.2) is 12.5 Å². The van der Waals surface area contributed by atoms with Gasteiger partial charge < -0.3 is 5.32 Å². The third-order valence-corrected chi connectivity index (χ3v) is 2.58. The first-order valence-corrected chi connectivity index (χ1v) is 5.24. The topological polar surface area (TPSA) is 29.1 Å². The number of likely N-dealkylation sites (N-methyl/N-ethyl adjacent to an activating group) is 1. The predicted molar refractivity (Wildman–Crippen MR) is 58.7 cm³/mol. The Morgan fingerprint density at radius 1 is 1.60 bits per heavy atom. The second kappa shape index (κ2) is 5.33. The number of benzene rings is 1. The van der Waals surface area contributed by atoms with E-state index in [0.29, 0.717) is 12.1 Å². The van der Waals surface area contributed by atoms with Gasteiger partial charge in [0.05, 0.1) is 0 Å². The SMILES string of the molecule is CCNC(=O)C(Cl)c1ccc(F)cc1Cl. The van der Waals surface area contributed by atoms with Crippen LogP contribution in [0.15, 0.2) is 18.2 Å². The summed E-state index contributed by atoms with van der Waals surface area (Å²) in [5.41, 5.74) is 0.408. The van der Waals surface area contributed by atoms with Crippen LogP contribution in [0.4, 0.5) is 4.39 Å². The van der Waals surface area contributed by atoms with Gasteiger partial charge in [-0.3, -0.25) is 4.79 Å². The molecule has 0 aromatic heterocycles. The summed E-state index contributed by atoms with van der Waals surface area (Å²) >= 11 is 11.6. The van der Waals surface area contributed by atoms with Gasteiger partial charge in [-0.1, -0.05) is 17.7 Å². The standard InChI is InChI=1S/C10H10Cl2FNO/c1-2-14-10(15)9(12)7-4-3-6(13)5-8(7)11/h3-5,9H,2H2,1H3,(H,14,15). The zero-order valence-electron chi connectivity index (χ0n) is 8.06. The number of halogens is 3. The molecule has 0 saturated carbocycles. The summed E-state index contributed by atoms with van der Waals surface area (Å²) in [6.07, 6.45) is 0. The van der Waals surface area contributed by atoms with Gasteiger partial charge >= 0.3 is 0 Å². The van der Waals surface area contributed by atoms with Gasteiger partial charge in [0.1, 0.15) is 11.2 Å². The monoisotopic (exact) mass is 249 g/mol. The summed E-state index contributed by atoms with van der Waals surface area (Å²) < 4.78 is 12.7. The molecule has 82 valence electrons. The lowest BCUT2D eigenvalue weighted by atomic mass is 10.1. The van der Waals surface area contributed by atoms with E-state index in [9.17, 15) is 9.18 Å². The average Bonchev–Trinajstić information content (AvgIpc) is 2.17. The van der Waals surface area contributed by atoms with Crippen LogP contribution in [0.5, 0.6) is 0 Å². The summed E-state index contributed by atoms with van der Waals surface area (Å²) in [6, 6.07) is 3.76. The first-order chi connectivity index (χ1) is 7.06. The Balaban J connectivity index is 2.91. The van der Waals surface area contributed by atoms with E-state index in [4.69, 9.17) is 23.2 Å². The number of nitrogens with one attached hydrogen (secondary N) is 1. The van der Waals surface area contributed by atoms with Crippen molar-refractivity contribution in [1.29, 1.82) is 0 Å². The number of hydrogen-bond donors (Lipinski definition) is 1. The van der Waals surface area contributed by atoms with Crippen LogP contribution < -0.4 is 5.32 Å². The Morgan fingerprint density at radius 3 is 2.80 bits per heavy atom. The minimum absolute atomic E-state index is 0.154. The Morgan fingerprint density at radius 2 is 2.27 bits per heavy atom. The Hall–Kier alpha value is -0.800. The molecule has 1 atom stereocenters. The number of rotatable bonds is 3. The molecule has 0 fully saturated rings. The molecule has 1 N–H and O–H groups in total. The minimum atomic E-state index is -0.891.